The van der Waals surface area contributed by atoms with Gasteiger partial charge in [0.25, 0.3) is 0 Å². The minimum Gasteiger partial charge on any atom is -0.340 e. The molecule has 4 rings (SSSR count). The van der Waals surface area contributed by atoms with Crippen molar-refractivity contribution in [1.29, 1.82) is 0 Å². The second-order valence-corrected chi connectivity index (χ2v) is 6.65. The average molecular weight is 357 g/mol. The van der Waals surface area contributed by atoms with E-state index in [4.69, 9.17) is 21.6 Å². The number of anilines is 2. The summed E-state index contributed by atoms with van der Waals surface area (Å²) in [5, 5.41) is 4.27. The molecule has 6 heteroatoms. The lowest BCUT2D eigenvalue weighted by Crippen LogP contribution is -2.20. The Labute approximate surface area is 150 Å². The Morgan fingerprint density at radius 3 is 2.68 bits per heavy atom. The average Bonchev–Trinajstić information content (AvgIpc) is 3.11. The van der Waals surface area contributed by atoms with Gasteiger partial charge in [-0.1, -0.05) is 23.7 Å². The first-order valence-electron chi connectivity index (χ1n) is 8.39. The largest absolute Gasteiger partial charge is 0.340 e. The monoisotopic (exact) mass is 356 g/mol. The minimum absolute atomic E-state index is 0.0839. The van der Waals surface area contributed by atoms with E-state index in [1.807, 2.05) is 24.3 Å². The van der Waals surface area contributed by atoms with Gasteiger partial charge in [-0.25, -0.2) is 14.4 Å². The van der Waals surface area contributed by atoms with Crippen LogP contribution in [0.5, 0.6) is 0 Å². The lowest BCUT2D eigenvalue weighted by molar-refractivity contribution is 0.323. The number of hydrogen-bond acceptors (Lipinski definition) is 4. The molecular formula is C19H18ClFN4. The number of nitrogens with one attached hydrogen (secondary N) is 1. The van der Waals surface area contributed by atoms with E-state index < -0.39 is 5.82 Å². The summed E-state index contributed by atoms with van der Waals surface area (Å²) in [4.78, 5) is 11.8. The first-order valence-corrected chi connectivity index (χ1v) is 8.77. The number of aromatic nitrogens is 2. The Bertz CT molecular complexity index is 909. The van der Waals surface area contributed by atoms with Gasteiger partial charge in [0.1, 0.15) is 17.5 Å². The number of benzene rings is 2. The summed E-state index contributed by atoms with van der Waals surface area (Å²) in [7, 11) is 0. The molecule has 1 aromatic heterocycles. The Morgan fingerprint density at radius 2 is 1.88 bits per heavy atom. The summed E-state index contributed by atoms with van der Waals surface area (Å²) >= 11 is 5.89. The van der Waals surface area contributed by atoms with Crippen molar-refractivity contribution in [2.45, 2.75) is 19.4 Å². The van der Waals surface area contributed by atoms with Crippen LogP contribution in [0, 0.1) is 5.82 Å². The number of halogens is 2. The van der Waals surface area contributed by atoms with E-state index in [9.17, 15) is 4.39 Å². The zero-order valence-electron chi connectivity index (χ0n) is 13.7. The first-order chi connectivity index (χ1) is 12.2. The molecule has 1 N–H and O–H groups in total. The molecule has 128 valence electrons. The molecule has 1 saturated heterocycles. The van der Waals surface area contributed by atoms with E-state index in [0.717, 1.165) is 36.4 Å². The second-order valence-electron chi connectivity index (χ2n) is 6.24. The van der Waals surface area contributed by atoms with Crippen LogP contribution in [0.15, 0.2) is 42.5 Å². The van der Waals surface area contributed by atoms with Crippen molar-refractivity contribution < 1.29 is 4.39 Å². The first kappa shape index (κ1) is 16.2. The molecular weight excluding hydrogens is 339 g/mol. The Balaban J connectivity index is 1.70. The Morgan fingerprint density at radius 1 is 1.08 bits per heavy atom. The smallest absolute Gasteiger partial charge is 0.145 e. The molecule has 2 heterocycles. The highest BCUT2D eigenvalue weighted by Gasteiger charge is 2.15. The Hall–Kier alpha value is -2.24. The standard InChI is InChI=1S/C19H18ClFN4/c20-15-11-13(7-8-16(15)21)22-19-14-5-1-2-6-17(14)23-18(24-19)12-25-9-3-4-10-25/h1-2,5-8,11H,3-4,9-10,12H2,(H,22,23,24). The lowest BCUT2D eigenvalue weighted by atomic mass is 10.2. The van der Waals surface area contributed by atoms with Gasteiger partial charge in [0.15, 0.2) is 0 Å². The van der Waals surface area contributed by atoms with Gasteiger partial charge in [-0.15, -0.1) is 0 Å². The zero-order valence-corrected chi connectivity index (χ0v) is 14.4. The fraction of sp³-hybridized carbons (Fsp3) is 0.263. The molecule has 0 aliphatic carbocycles. The molecule has 1 aliphatic heterocycles. The topological polar surface area (TPSA) is 41.1 Å². The van der Waals surface area contributed by atoms with E-state index in [-0.39, 0.29) is 5.02 Å². The predicted octanol–water partition coefficient (Wildman–Crippen LogP) is 4.76. The van der Waals surface area contributed by atoms with Crippen molar-refractivity contribution in [3.05, 3.63) is 59.1 Å². The van der Waals surface area contributed by atoms with Gasteiger partial charge in [0, 0.05) is 11.1 Å². The molecule has 0 atom stereocenters. The van der Waals surface area contributed by atoms with E-state index in [1.54, 1.807) is 12.1 Å². The number of likely N-dealkylation sites (tertiary alicyclic amines) is 1. The molecule has 0 saturated carbocycles. The van der Waals surface area contributed by atoms with Crippen LogP contribution < -0.4 is 5.32 Å². The fourth-order valence-corrected chi connectivity index (χ4v) is 3.32. The van der Waals surface area contributed by atoms with Crippen LogP contribution in [0.3, 0.4) is 0 Å². The highest BCUT2D eigenvalue weighted by molar-refractivity contribution is 6.31. The van der Waals surface area contributed by atoms with E-state index in [2.05, 4.69) is 10.2 Å². The quantitative estimate of drug-likeness (QED) is 0.731. The van der Waals surface area contributed by atoms with Crippen LogP contribution in [0.2, 0.25) is 5.02 Å². The molecule has 2 aromatic carbocycles. The third-order valence-electron chi connectivity index (χ3n) is 4.40. The number of para-hydroxylation sites is 1. The summed E-state index contributed by atoms with van der Waals surface area (Å²) in [5.74, 6) is 1.06. The van der Waals surface area contributed by atoms with Crippen LogP contribution in [0.25, 0.3) is 10.9 Å². The maximum atomic E-state index is 13.4. The minimum atomic E-state index is -0.436. The van der Waals surface area contributed by atoms with Gasteiger partial charge in [-0.3, -0.25) is 4.90 Å². The van der Waals surface area contributed by atoms with Crippen LogP contribution in [0.4, 0.5) is 15.9 Å². The predicted molar refractivity (Wildman–Crippen MR) is 98.7 cm³/mol. The summed E-state index contributed by atoms with van der Waals surface area (Å²) in [6.45, 7) is 2.92. The van der Waals surface area contributed by atoms with Crippen LogP contribution >= 0.6 is 11.6 Å². The number of fused-ring (bicyclic) bond motifs is 1. The summed E-state index contributed by atoms with van der Waals surface area (Å²) < 4.78 is 13.4. The van der Waals surface area contributed by atoms with Gasteiger partial charge in [0.05, 0.1) is 17.1 Å². The van der Waals surface area contributed by atoms with Crippen molar-refractivity contribution >= 4 is 34.0 Å². The molecule has 1 fully saturated rings. The molecule has 0 unspecified atom stereocenters. The summed E-state index contributed by atoms with van der Waals surface area (Å²) in [6.07, 6.45) is 2.46. The van der Waals surface area contributed by atoms with Crippen LogP contribution in [-0.4, -0.2) is 28.0 Å². The van der Waals surface area contributed by atoms with Crippen molar-refractivity contribution in [2.75, 3.05) is 18.4 Å². The summed E-state index contributed by atoms with van der Waals surface area (Å²) in [6, 6.07) is 12.4. The molecule has 3 aromatic rings. The molecule has 1 aliphatic rings. The van der Waals surface area contributed by atoms with Gasteiger partial charge in [0.2, 0.25) is 0 Å². The SMILES string of the molecule is Fc1ccc(Nc2nc(CN3CCCC3)nc3ccccc23)cc1Cl. The zero-order chi connectivity index (χ0) is 17.2. The maximum absolute atomic E-state index is 13.4. The van der Waals surface area contributed by atoms with Crippen molar-refractivity contribution in [2.24, 2.45) is 0 Å². The third-order valence-corrected chi connectivity index (χ3v) is 4.69. The van der Waals surface area contributed by atoms with Gasteiger partial charge >= 0.3 is 0 Å². The summed E-state index contributed by atoms with van der Waals surface area (Å²) in [5.41, 5.74) is 1.59. The third kappa shape index (κ3) is 3.57. The van der Waals surface area contributed by atoms with E-state index in [1.165, 1.54) is 18.9 Å². The second kappa shape index (κ2) is 6.94. The van der Waals surface area contributed by atoms with Crippen LogP contribution in [-0.2, 0) is 6.54 Å². The highest BCUT2D eigenvalue weighted by Crippen LogP contribution is 2.27. The Kier molecular flexibility index (Phi) is 4.51. The maximum Gasteiger partial charge on any atom is 0.145 e. The van der Waals surface area contributed by atoms with Crippen molar-refractivity contribution in [3.63, 3.8) is 0 Å². The normalized spacial score (nSPS) is 15.0. The molecule has 4 nitrogen and oxygen atoms in total. The number of nitrogens with zero attached hydrogens (tertiary/aromatic N) is 3. The molecule has 25 heavy (non-hydrogen) atoms. The number of rotatable bonds is 4. The lowest BCUT2D eigenvalue weighted by Gasteiger charge is -2.15. The van der Waals surface area contributed by atoms with Crippen LogP contribution in [0.1, 0.15) is 18.7 Å². The van der Waals surface area contributed by atoms with Crippen molar-refractivity contribution in [3.8, 4) is 0 Å². The molecule has 0 radical (unpaired) electrons. The van der Waals surface area contributed by atoms with E-state index in [0.29, 0.717) is 11.5 Å². The molecule has 0 bridgehead atoms. The fourth-order valence-electron chi connectivity index (χ4n) is 3.14. The molecule has 0 spiro atoms. The van der Waals surface area contributed by atoms with E-state index >= 15 is 0 Å². The number of hydrogen-bond donors (Lipinski definition) is 1. The van der Waals surface area contributed by atoms with Crippen molar-refractivity contribution in [1.82, 2.24) is 14.9 Å². The van der Waals surface area contributed by atoms with Gasteiger partial charge in [-0.05, 0) is 56.3 Å². The van der Waals surface area contributed by atoms with Gasteiger partial charge in [-0.2, -0.15) is 0 Å². The highest BCUT2D eigenvalue weighted by atomic mass is 35.5. The van der Waals surface area contributed by atoms with Gasteiger partial charge < -0.3 is 5.32 Å². The molecule has 0 amide bonds.